The maximum absolute atomic E-state index is 13.3. The Morgan fingerprint density at radius 1 is 1.22 bits per heavy atom. The summed E-state index contributed by atoms with van der Waals surface area (Å²) < 4.78 is 36.9. The molecular weight excluding hydrogens is 468 g/mol. The fourth-order valence-corrected chi connectivity index (χ4v) is 4.67. The van der Waals surface area contributed by atoms with Crippen molar-refractivity contribution in [2.24, 2.45) is 4.99 Å². The highest BCUT2D eigenvalue weighted by Gasteiger charge is 2.25. The van der Waals surface area contributed by atoms with E-state index < -0.39 is 12.9 Å². The number of nitrogens with two attached hydrogens (primary N) is 1. The van der Waals surface area contributed by atoms with Crippen molar-refractivity contribution in [2.45, 2.75) is 31.8 Å². The molecule has 4 N–H and O–H groups in total. The first-order valence-electron chi connectivity index (χ1n) is 11.8. The van der Waals surface area contributed by atoms with Gasteiger partial charge in [0.15, 0.2) is 17.6 Å². The molecule has 1 unspecified atom stereocenters. The second kappa shape index (κ2) is 10.0. The summed E-state index contributed by atoms with van der Waals surface area (Å²) in [5, 5.41) is 11.3. The van der Waals surface area contributed by atoms with Gasteiger partial charge in [-0.05, 0) is 51.2 Å². The van der Waals surface area contributed by atoms with Gasteiger partial charge in [0.25, 0.3) is 0 Å². The molecule has 9 nitrogen and oxygen atoms in total. The van der Waals surface area contributed by atoms with E-state index >= 15 is 0 Å². The highest BCUT2D eigenvalue weighted by molar-refractivity contribution is 5.94. The smallest absolute Gasteiger partial charge is 0.387 e. The van der Waals surface area contributed by atoms with E-state index in [1.165, 1.54) is 0 Å². The van der Waals surface area contributed by atoms with Crippen LogP contribution in [0.4, 0.5) is 25.8 Å². The van der Waals surface area contributed by atoms with E-state index in [0.717, 1.165) is 31.3 Å². The second-order valence-corrected chi connectivity index (χ2v) is 9.06. The van der Waals surface area contributed by atoms with Crippen LogP contribution in [0.25, 0.3) is 16.7 Å². The third-order valence-corrected chi connectivity index (χ3v) is 6.57. The van der Waals surface area contributed by atoms with Gasteiger partial charge in [0.1, 0.15) is 5.69 Å². The predicted octanol–water partition coefficient (Wildman–Crippen LogP) is 3.95. The monoisotopic (exact) mass is 497 g/mol. The van der Waals surface area contributed by atoms with Gasteiger partial charge < -0.3 is 35.4 Å². The number of halogens is 2. The number of alkyl halides is 2. The zero-order chi connectivity index (χ0) is 25.2. The Morgan fingerprint density at radius 3 is 2.75 bits per heavy atom. The minimum atomic E-state index is -2.98. The number of allylic oxidation sites excluding steroid dienone is 1. The van der Waals surface area contributed by atoms with E-state index in [1.807, 2.05) is 24.3 Å². The van der Waals surface area contributed by atoms with Crippen LogP contribution in [0.5, 0.6) is 5.75 Å². The summed E-state index contributed by atoms with van der Waals surface area (Å²) >= 11 is 0. The third-order valence-electron chi connectivity index (χ3n) is 6.57. The van der Waals surface area contributed by atoms with Crippen molar-refractivity contribution in [1.82, 2.24) is 15.4 Å². The summed E-state index contributed by atoms with van der Waals surface area (Å²) in [7, 11) is 4.13. The largest absolute Gasteiger partial charge is 0.433 e. The minimum Gasteiger partial charge on any atom is -0.433 e. The number of nitrogen functional groups attached to an aromatic ring is 1. The topological polar surface area (TPSA) is 104 Å². The predicted molar refractivity (Wildman–Crippen MR) is 137 cm³/mol. The second-order valence-electron chi connectivity index (χ2n) is 9.06. The fraction of sp³-hybridized carbons (Fsp3) is 0.360. The van der Waals surface area contributed by atoms with Gasteiger partial charge in [0, 0.05) is 31.4 Å². The Kier molecular flexibility index (Phi) is 6.64. The van der Waals surface area contributed by atoms with Crippen molar-refractivity contribution < 1.29 is 18.0 Å². The molecule has 5 rings (SSSR count). The number of hydrogen-bond donors (Lipinski definition) is 3. The normalized spacial score (nSPS) is 18.6. The molecule has 3 aromatic rings. The number of aromatic nitrogens is 1. The lowest BCUT2D eigenvalue weighted by molar-refractivity contribution is -0.0493. The summed E-state index contributed by atoms with van der Waals surface area (Å²) in [4.78, 5) is 8.70. The molecule has 1 atom stereocenters. The number of hydrogen-bond acceptors (Lipinski definition) is 9. The van der Waals surface area contributed by atoms with Crippen LogP contribution in [-0.2, 0) is 0 Å². The number of nitrogens with one attached hydrogen (secondary N) is 2. The highest BCUT2D eigenvalue weighted by Crippen LogP contribution is 2.38. The standard InChI is InChI=1S/C25H29F2N7O2/c1-33(2)15-8-11-34(12-9-15)20-14-22(35-24(26)27)19(13-17(20)28)31-25-29-10-7-18(30-25)23-16-5-3-4-6-21(16)36-32-23/h3-7,10,13-15,24-25,30-31H,8-9,11-12,28H2,1-2H3. The van der Waals surface area contributed by atoms with Crippen LogP contribution in [-0.4, -0.2) is 62.4 Å². The molecule has 0 spiro atoms. The Morgan fingerprint density at radius 2 is 2.00 bits per heavy atom. The van der Waals surface area contributed by atoms with Crippen LogP contribution in [0.2, 0.25) is 0 Å². The third kappa shape index (κ3) is 4.92. The number of piperidine rings is 1. The van der Waals surface area contributed by atoms with Crippen LogP contribution < -0.4 is 26.0 Å². The molecule has 2 aromatic carbocycles. The average Bonchev–Trinajstić information content (AvgIpc) is 3.30. The van der Waals surface area contributed by atoms with Crippen LogP contribution >= 0.6 is 0 Å². The Balaban J connectivity index is 1.36. The van der Waals surface area contributed by atoms with Gasteiger partial charge in [-0.2, -0.15) is 8.78 Å². The fourth-order valence-electron chi connectivity index (χ4n) is 4.67. The van der Waals surface area contributed by atoms with E-state index in [-0.39, 0.29) is 5.75 Å². The van der Waals surface area contributed by atoms with Crippen LogP contribution in [0.3, 0.4) is 0 Å². The van der Waals surface area contributed by atoms with E-state index in [4.69, 9.17) is 15.0 Å². The molecule has 3 heterocycles. The number of rotatable bonds is 7. The van der Waals surface area contributed by atoms with Crippen molar-refractivity contribution in [3.05, 3.63) is 48.2 Å². The molecule has 1 fully saturated rings. The molecule has 2 aliphatic heterocycles. The van der Waals surface area contributed by atoms with Crippen molar-refractivity contribution in [1.29, 1.82) is 0 Å². The van der Waals surface area contributed by atoms with Gasteiger partial charge in [-0.3, -0.25) is 0 Å². The van der Waals surface area contributed by atoms with Crippen molar-refractivity contribution in [2.75, 3.05) is 43.1 Å². The first-order chi connectivity index (χ1) is 17.4. The van der Waals surface area contributed by atoms with Gasteiger partial charge in [-0.1, -0.05) is 17.3 Å². The molecule has 2 aliphatic rings. The number of para-hydroxylation sites is 1. The van der Waals surface area contributed by atoms with E-state index in [9.17, 15) is 8.78 Å². The average molecular weight is 498 g/mol. The zero-order valence-electron chi connectivity index (χ0n) is 20.1. The molecule has 0 aliphatic carbocycles. The molecule has 0 amide bonds. The Labute approximate surface area is 207 Å². The molecule has 0 saturated carbocycles. The Bertz CT molecular complexity index is 1280. The lowest BCUT2D eigenvalue weighted by Gasteiger charge is -2.37. The number of anilines is 3. The lowest BCUT2D eigenvalue weighted by Crippen LogP contribution is -2.42. The molecule has 0 bridgehead atoms. The maximum Gasteiger partial charge on any atom is 0.387 e. The minimum absolute atomic E-state index is 0.00363. The SMILES string of the molecule is CN(C)C1CCN(c2cc(OC(F)F)c(NC3N=CC=C(c4noc5ccccc45)N3)cc2N)CC1. The first-order valence-corrected chi connectivity index (χ1v) is 11.8. The van der Waals surface area contributed by atoms with Gasteiger partial charge in [0.05, 0.1) is 28.1 Å². The van der Waals surface area contributed by atoms with Gasteiger partial charge >= 0.3 is 6.61 Å². The van der Waals surface area contributed by atoms with Gasteiger partial charge in [-0.15, -0.1) is 0 Å². The number of nitrogens with zero attached hydrogens (tertiary/aromatic N) is 4. The van der Waals surface area contributed by atoms with Crippen LogP contribution in [0, 0.1) is 0 Å². The summed E-state index contributed by atoms with van der Waals surface area (Å²) in [5.41, 5.74) is 9.82. The number of aliphatic imine (C=N–C) groups is 1. The summed E-state index contributed by atoms with van der Waals surface area (Å²) in [6.07, 6.45) is 4.65. The molecule has 190 valence electrons. The van der Waals surface area contributed by atoms with Crippen molar-refractivity contribution in [3.8, 4) is 5.75 Å². The molecular formula is C25H29F2N7O2. The molecule has 11 heteroatoms. The number of benzene rings is 2. The quantitative estimate of drug-likeness (QED) is 0.422. The zero-order valence-corrected chi connectivity index (χ0v) is 20.1. The summed E-state index contributed by atoms with van der Waals surface area (Å²) in [6.45, 7) is -1.42. The molecule has 0 radical (unpaired) electrons. The molecule has 1 saturated heterocycles. The van der Waals surface area contributed by atoms with E-state index in [1.54, 1.807) is 24.4 Å². The maximum atomic E-state index is 13.3. The summed E-state index contributed by atoms with van der Waals surface area (Å²) in [5.74, 6) is 0.00363. The van der Waals surface area contributed by atoms with Gasteiger partial charge in [0.2, 0.25) is 0 Å². The van der Waals surface area contributed by atoms with E-state index in [0.29, 0.717) is 40.1 Å². The molecule has 1 aromatic heterocycles. The number of fused-ring (bicyclic) bond motifs is 1. The molecule has 36 heavy (non-hydrogen) atoms. The highest BCUT2D eigenvalue weighted by atomic mass is 19.3. The Hall–Kier alpha value is -3.86. The van der Waals surface area contributed by atoms with Gasteiger partial charge in [-0.25, -0.2) is 4.99 Å². The van der Waals surface area contributed by atoms with Crippen LogP contribution in [0.1, 0.15) is 18.5 Å². The lowest BCUT2D eigenvalue weighted by atomic mass is 10.0. The van der Waals surface area contributed by atoms with E-state index in [2.05, 4.69) is 44.7 Å². The van der Waals surface area contributed by atoms with Crippen LogP contribution in [0.15, 0.2) is 52.0 Å². The number of ether oxygens (including phenoxy) is 1. The van der Waals surface area contributed by atoms with Crippen molar-refractivity contribution in [3.63, 3.8) is 0 Å². The van der Waals surface area contributed by atoms with Crippen molar-refractivity contribution >= 4 is 39.9 Å². The summed E-state index contributed by atoms with van der Waals surface area (Å²) in [6, 6.07) is 11.2. The first kappa shape index (κ1) is 23.9.